The standard InChI is InChI=1S/C13H23NO6/c1-11(2,3)19-10(16)14-9(7-15)13-17-6-5-12(4,20-13)8-18-13/h9,15H,5-8H2,1-4H3,(H,14,16)/t9-,12?,13?/m0/s1. The van der Waals surface area contributed by atoms with Crippen molar-refractivity contribution in [2.24, 2.45) is 0 Å². The summed E-state index contributed by atoms with van der Waals surface area (Å²) in [6.45, 7) is 7.62. The Hall–Kier alpha value is -0.890. The van der Waals surface area contributed by atoms with Gasteiger partial charge >= 0.3 is 12.1 Å². The lowest BCUT2D eigenvalue weighted by Gasteiger charge is -2.39. The molecule has 0 aromatic carbocycles. The van der Waals surface area contributed by atoms with Crippen molar-refractivity contribution in [3.8, 4) is 0 Å². The molecule has 1 amide bonds. The van der Waals surface area contributed by atoms with E-state index in [1.54, 1.807) is 20.8 Å². The summed E-state index contributed by atoms with van der Waals surface area (Å²) in [6, 6.07) is -0.848. The summed E-state index contributed by atoms with van der Waals surface area (Å²) in [7, 11) is 0. The maximum Gasteiger partial charge on any atom is 0.408 e. The van der Waals surface area contributed by atoms with Crippen LogP contribution in [-0.2, 0) is 18.9 Å². The van der Waals surface area contributed by atoms with E-state index in [4.69, 9.17) is 18.9 Å². The first-order valence-electron chi connectivity index (χ1n) is 6.77. The lowest BCUT2D eigenvalue weighted by Crippen LogP contribution is -2.60. The van der Waals surface area contributed by atoms with Crippen molar-refractivity contribution < 1.29 is 28.8 Å². The molecule has 2 fully saturated rings. The van der Waals surface area contributed by atoms with Gasteiger partial charge in [-0.3, -0.25) is 0 Å². The summed E-state index contributed by atoms with van der Waals surface area (Å²) in [6.07, 6.45) is 0.0557. The monoisotopic (exact) mass is 289 g/mol. The van der Waals surface area contributed by atoms with E-state index < -0.39 is 29.3 Å². The van der Waals surface area contributed by atoms with Crippen LogP contribution in [0.5, 0.6) is 0 Å². The van der Waals surface area contributed by atoms with Crippen LogP contribution in [0.15, 0.2) is 0 Å². The minimum absolute atomic E-state index is 0.361. The number of hydrogen-bond donors (Lipinski definition) is 2. The number of aliphatic hydroxyl groups is 1. The van der Waals surface area contributed by atoms with Crippen LogP contribution in [0.2, 0.25) is 0 Å². The zero-order chi connectivity index (χ0) is 15.0. The van der Waals surface area contributed by atoms with Gasteiger partial charge in [0.05, 0.1) is 25.4 Å². The molecule has 0 aromatic heterocycles. The Labute approximate surface area is 118 Å². The molecular formula is C13H23NO6. The topological polar surface area (TPSA) is 86.3 Å². The number of hydrogen-bond acceptors (Lipinski definition) is 6. The van der Waals surface area contributed by atoms with Gasteiger partial charge in [-0.1, -0.05) is 0 Å². The molecule has 7 nitrogen and oxygen atoms in total. The van der Waals surface area contributed by atoms with Gasteiger partial charge in [-0.15, -0.1) is 0 Å². The quantitative estimate of drug-likeness (QED) is 0.797. The molecule has 0 aliphatic carbocycles. The fourth-order valence-corrected chi connectivity index (χ4v) is 2.23. The molecule has 0 spiro atoms. The van der Waals surface area contributed by atoms with E-state index in [1.807, 2.05) is 6.92 Å². The number of carbonyl (C=O) groups is 1. The van der Waals surface area contributed by atoms with Crippen LogP contribution in [0.4, 0.5) is 4.79 Å². The SMILES string of the molecule is CC(C)(C)OC(=O)N[C@@H](CO)C12OCCC(C)(CO1)O2. The maximum absolute atomic E-state index is 11.8. The Balaban J connectivity index is 2.03. The summed E-state index contributed by atoms with van der Waals surface area (Å²) >= 11 is 0. The third-order valence-corrected chi connectivity index (χ3v) is 3.20. The second-order valence-electron chi connectivity index (χ2n) is 6.42. The van der Waals surface area contributed by atoms with E-state index in [0.717, 1.165) is 0 Å². The van der Waals surface area contributed by atoms with E-state index in [-0.39, 0.29) is 6.61 Å². The zero-order valence-corrected chi connectivity index (χ0v) is 12.4. The van der Waals surface area contributed by atoms with Gasteiger partial charge in [0.15, 0.2) is 0 Å². The summed E-state index contributed by atoms with van der Waals surface area (Å²) in [5, 5.41) is 12.1. The van der Waals surface area contributed by atoms with Crippen LogP contribution in [0.1, 0.15) is 34.1 Å². The van der Waals surface area contributed by atoms with E-state index >= 15 is 0 Å². The summed E-state index contributed by atoms with van der Waals surface area (Å²) in [5.41, 5.74) is -1.07. The van der Waals surface area contributed by atoms with Crippen LogP contribution in [-0.4, -0.2) is 54.2 Å². The molecule has 2 rings (SSSR count). The van der Waals surface area contributed by atoms with Crippen molar-refractivity contribution in [1.82, 2.24) is 5.32 Å². The predicted molar refractivity (Wildman–Crippen MR) is 69.0 cm³/mol. The summed E-state index contributed by atoms with van der Waals surface area (Å²) in [4.78, 5) is 11.8. The molecule has 2 bridgehead atoms. The van der Waals surface area contributed by atoms with Gasteiger partial charge in [0.1, 0.15) is 11.6 Å². The lowest BCUT2D eigenvalue weighted by molar-refractivity contribution is -0.380. The molecule has 2 aliphatic rings. The van der Waals surface area contributed by atoms with E-state index in [9.17, 15) is 9.90 Å². The molecule has 0 aromatic rings. The largest absolute Gasteiger partial charge is 0.444 e. The number of amides is 1. The normalized spacial score (nSPS) is 34.6. The smallest absolute Gasteiger partial charge is 0.408 e. The average molecular weight is 289 g/mol. The number of ether oxygens (including phenoxy) is 4. The Morgan fingerprint density at radius 2 is 2.15 bits per heavy atom. The molecule has 2 N–H and O–H groups in total. The first-order valence-corrected chi connectivity index (χ1v) is 6.77. The zero-order valence-electron chi connectivity index (χ0n) is 12.4. The Morgan fingerprint density at radius 1 is 1.45 bits per heavy atom. The third kappa shape index (κ3) is 3.22. The number of alkyl carbamates (subject to hydrolysis) is 1. The van der Waals surface area contributed by atoms with E-state index in [0.29, 0.717) is 19.6 Å². The van der Waals surface area contributed by atoms with Crippen LogP contribution < -0.4 is 5.32 Å². The van der Waals surface area contributed by atoms with Gasteiger partial charge in [-0.25, -0.2) is 4.79 Å². The number of aliphatic hydroxyl groups excluding tert-OH is 1. The van der Waals surface area contributed by atoms with Gasteiger partial charge in [0.25, 0.3) is 0 Å². The number of fused-ring (bicyclic) bond motifs is 2. The summed E-state index contributed by atoms with van der Waals surface area (Å²) in [5.74, 6) is -1.43. The van der Waals surface area contributed by atoms with Crippen LogP contribution in [0.3, 0.4) is 0 Å². The van der Waals surface area contributed by atoms with Gasteiger partial charge in [-0.2, -0.15) is 0 Å². The minimum atomic E-state index is -1.43. The van der Waals surface area contributed by atoms with E-state index in [2.05, 4.69) is 5.32 Å². The molecular weight excluding hydrogens is 266 g/mol. The van der Waals surface area contributed by atoms with Crippen molar-refractivity contribution >= 4 is 6.09 Å². The predicted octanol–water partition coefficient (Wildman–Crippen LogP) is 0.752. The van der Waals surface area contributed by atoms with Crippen molar-refractivity contribution in [3.05, 3.63) is 0 Å². The fourth-order valence-electron chi connectivity index (χ4n) is 2.23. The van der Waals surface area contributed by atoms with Crippen molar-refractivity contribution in [3.63, 3.8) is 0 Å². The Kier molecular flexibility index (Phi) is 3.98. The van der Waals surface area contributed by atoms with Crippen LogP contribution in [0, 0.1) is 0 Å². The molecule has 2 heterocycles. The lowest BCUT2D eigenvalue weighted by atomic mass is 10.0. The highest BCUT2D eigenvalue weighted by Crippen LogP contribution is 2.41. The van der Waals surface area contributed by atoms with Crippen molar-refractivity contribution in [1.29, 1.82) is 0 Å². The fraction of sp³-hybridized carbons (Fsp3) is 0.923. The Bertz CT molecular complexity index is 382. The molecule has 116 valence electrons. The van der Waals surface area contributed by atoms with Gasteiger partial charge < -0.3 is 29.4 Å². The molecule has 2 unspecified atom stereocenters. The van der Waals surface area contributed by atoms with Gasteiger partial charge in [-0.05, 0) is 27.7 Å². The maximum atomic E-state index is 11.8. The highest BCUT2D eigenvalue weighted by atomic mass is 16.9. The molecule has 20 heavy (non-hydrogen) atoms. The van der Waals surface area contributed by atoms with Gasteiger partial charge in [0.2, 0.25) is 0 Å². The molecule has 2 saturated heterocycles. The molecule has 7 heteroatoms. The highest BCUT2D eigenvalue weighted by Gasteiger charge is 2.57. The second kappa shape index (κ2) is 5.14. The number of rotatable bonds is 3. The van der Waals surface area contributed by atoms with Crippen LogP contribution in [0.25, 0.3) is 0 Å². The molecule has 3 atom stereocenters. The first-order chi connectivity index (χ1) is 9.18. The third-order valence-electron chi connectivity index (χ3n) is 3.20. The Morgan fingerprint density at radius 3 is 2.75 bits per heavy atom. The second-order valence-corrected chi connectivity index (χ2v) is 6.42. The average Bonchev–Trinajstić information content (AvgIpc) is 2.55. The van der Waals surface area contributed by atoms with E-state index in [1.165, 1.54) is 0 Å². The van der Waals surface area contributed by atoms with Crippen molar-refractivity contribution in [2.45, 2.75) is 57.3 Å². The first kappa shape index (κ1) is 15.5. The molecule has 2 aliphatic heterocycles. The highest BCUT2D eigenvalue weighted by molar-refractivity contribution is 5.68. The number of carbonyl (C=O) groups excluding carboxylic acids is 1. The number of nitrogens with one attached hydrogen (secondary N) is 1. The van der Waals surface area contributed by atoms with Crippen molar-refractivity contribution in [2.75, 3.05) is 19.8 Å². The minimum Gasteiger partial charge on any atom is -0.444 e. The van der Waals surface area contributed by atoms with Gasteiger partial charge in [0, 0.05) is 6.42 Å². The molecule has 0 saturated carbocycles. The molecule has 0 radical (unpaired) electrons. The summed E-state index contributed by atoms with van der Waals surface area (Å²) < 4.78 is 22.1. The van der Waals surface area contributed by atoms with Crippen LogP contribution >= 0.6 is 0 Å².